The lowest BCUT2D eigenvalue weighted by Gasteiger charge is -2.31. The average Bonchev–Trinajstić information content (AvgIpc) is 2.77. The predicted octanol–water partition coefficient (Wildman–Crippen LogP) is 3.57. The van der Waals surface area contributed by atoms with Gasteiger partial charge in [0.1, 0.15) is 23.3 Å². The first-order valence-electron chi connectivity index (χ1n) is 10.7. The van der Waals surface area contributed by atoms with Gasteiger partial charge in [-0.05, 0) is 50.8 Å². The molecule has 2 N–H and O–H groups in total. The van der Waals surface area contributed by atoms with Crippen molar-refractivity contribution in [2.24, 2.45) is 0 Å². The van der Waals surface area contributed by atoms with E-state index in [1.165, 1.54) is 18.2 Å². The van der Waals surface area contributed by atoms with Crippen molar-refractivity contribution >= 4 is 29.1 Å². The van der Waals surface area contributed by atoms with Crippen LogP contribution in [0.5, 0.6) is 0 Å². The average molecular weight is 448 g/mol. The van der Waals surface area contributed by atoms with Crippen molar-refractivity contribution in [3.63, 3.8) is 0 Å². The second-order valence-corrected chi connectivity index (χ2v) is 8.46. The lowest BCUT2D eigenvalue weighted by molar-refractivity contribution is 0.0926. The van der Waals surface area contributed by atoms with Crippen molar-refractivity contribution < 1.29 is 13.9 Å². The van der Waals surface area contributed by atoms with Gasteiger partial charge in [0.2, 0.25) is 0 Å². The molecule has 1 aliphatic heterocycles. The van der Waals surface area contributed by atoms with Crippen LogP contribution in [0.1, 0.15) is 41.9 Å². The number of rotatable bonds is 5. The molecule has 0 spiro atoms. The lowest BCUT2D eigenvalue weighted by atomic mass is 9.91. The lowest BCUT2D eigenvalue weighted by Crippen LogP contribution is -2.40. The van der Waals surface area contributed by atoms with Crippen molar-refractivity contribution in [3.8, 4) is 0 Å². The number of aryl methyl sites for hydroxylation is 1. The number of halogens is 2. The van der Waals surface area contributed by atoms with Gasteiger partial charge < -0.3 is 20.3 Å². The molecule has 2 heterocycles. The summed E-state index contributed by atoms with van der Waals surface area (Å²) >= 11 is 5.79. The first-order chi connectivity index (χ1) is 15.0. The van der Waals surface area contributed by atoms with Crippen molar-refractivity contribution in [3.05, 3.63) is 46.5 Å². The van der Waals surface area contributed by atoms with Crippen molar-refractivity contribution in [2.45, 2.75) is 44.7 Å². The second kappa shape index (κ2) is 9.78. The van der Waals surface area contributed by atoms with Gasteiger partial charge in [-0.1, -0.05) is 11.6 Å². The highest BCUT2D eigenvalue weighted by atomic mass is 35.5. The fourth-order valence-electron chi connectivity index (χ4n) is 4.08. The number of amides is 1. The standard InChI is InChI=1S/C22H27ClFN5O2/c1-14-25-20(13-21(26-14)29-8-10-31-11-9-29)27-16-3-5-17(6-4-16)28-22(30)15-2-7-19(24)18(23)12-15/h2,7,12-13,16-17H,3-6,8-11H2,1H3,(H,28,30)(H,25,26,27). The topological polar surface area (TPSA) is 79.4 Å². The minimum Gasteiger partial charge on any atom is -0.378 e. The highest BCUT2D eigenvalue weighted by Crippen LogP contribution is 2.24. The Hall–Kier alpha value is -2.45. The molecule has 7 nitrogen and oxygen atoms in total. The van der Waals surface area contributed by atoms with Gasteiger partial charge in [-0.3, -0.25) is 4.79 Å². The van der Waals surface area contributed by atoms with Gasteiger partial charge in [-0.15, -0.1) is 0 Å². The van der Waals surface area contributed by atoms with E-state index < -0.39 is 5.82 Å². The first-order valence-corrected chi connectivity index (χ1v) is 11.1. The summed E-state index contributed by atoms with van der Waals surface area (Å²) in [5, 5.41) is 6.53. The summed E-state index contributed by atoms with van der Waals surface area (Å²) in [6, 6.07) is 6.42. The first kappa shape index (κ1) is 21.8. The maximum atomic E-state index is 13.3. The number of hydrogen-bond acceptors (Lipinski definition) is 6. The monoisotopic (exact) mass is 447 g/mol. The molecular weight excluding hydrogens is 421 g/mol. The minimum absolute atomic E-state index is 0.0443. The normalized spacial score (nSPS) is 21.6. The van der Waals surface area contributed by atoms with E-state index in [-0.39, 0.29) is 17.0 Å². The molecule has 166 valence electrons. The number of aromatic nitrogens is 2. The van der Waals surface area contributed by atoms with Crippen LogP contribution >= 0.6 is 11.6 Å². The summed E-state index contributed by atoms with van der Waals surface area (Å²) in [5.41, 5.74) is 0.374. The van der Waals surface area contributed by atoms with E-state index in [9.17, 15) is 9.18 Å². The molecule has 0 radical (unpaired) electrons. The molecule has 4 rings (SSSR count). The smallest absolute Gasteiger partial charge is 0.251 e. The molecule has 2 aromatic rings. The number of carbonyl (C=O) groups is 1. The van der Waals surface area contributed by atoms with Gasteiger partial charge in [0.25, 0.3) is 5.91 Å². The van der Waals surface area contributed by atoms with Gasteiger partial charge in [-0.25, -0.2) is 14.4 Å². The Morgan fingerprint density at radius 1 is 1.13 bits per heavy atom. The van der Waals surface area contributed by atoms with Crippen LogP contribution in [0, 0.1) is 12.7 Å². The molecule has 1 amide bonds. The number of hydrogen-bond donors (Lipinski definition) is 2. The zero-order valence-corrected chi connectivity index (χ0v) is 18.3. The third-order valence-corrected chi connectivity index (χ3v) is 6.05. The number of ether oxygens (including phenoxy) is 1. The van der Waals surface area contributed by atoms with E-state index in [4.69, 9.17) is 16.3 Å². The number of benzene rings is 1. The van der Waals surface area contributed by atoms with Crippen LogP contribution in [0.2, 0.25) is 5.02 Å². The number of carbonyl (C=O) groups excluding carboxylic acids is 1. The number of anilines is 2. The van der Waals surface area contributed by atoms with E-state index in [0.29, 0.717) is 24.8 Å². The Labute approximate surface area is 186 Å². The predicted molar refractivity (Wildman–Crippen MR) is 118 cm³/mol. The van der Waals surface area contributed by atoms with Gasteiger partial charge in [0.15, 0.2) is 0 Å². The fourth-order valence-corrected chi connectivity index (χ4v) is 4.26. The summed E-state index contributed by atoms with van der Waals surface area (Å²) in [6.07, 6.45) is 3.56. The number of morpholine rings is 1. The van der Waals surface area contributed by atoms with Gasteiger partial charge >= 0.3 is 0 Å². The van der Waals surface area contributed by atoms with Gasteiger partial charge in [0.05, 0.1) is 18.2 Å². The number of nitrogens with one attached hydrogen (secondary N) is 2. The Morgan fingerprint density at radius 2 is 1.84 bits per heavy atom. The maximum absolute atomic E-state index is 13.3. The van der Waals surface area contributed by atoms with E-state index in [0.717, 1.165) is 56.2 Å². The molecule has 1 saturated carbocycles. The van der Waals surface area contributed by atoms with Gasteiger partial charge in [-0.2, -0.15) is 0 Å². The molecule has 1 aliphatic carbocycles. The third-order valence-electron chi connectivity index (χ3n) is 5.76. The third kappa shape index (κ3) is 5.62. The van der Waals surface area contributed by atoms with E-state index in [2.05, 4.69) is 25.5 Å². The van der Waals surface area contributed by atoms with Crippen molar-refractivity contribution in [2.75, 3.05) is 36.5 Å². The molecule has 0 atom stereocenters. The molecule has 9 heteroatoms. The van der Waals surface area contributed by atoms with Crippen LogP contribution in [-0.2, 0) is 4.74 Å². The Bertz CT molecular complexity index is 930. The zero-order chi connectivity index (χ0) is 21.8. The molecule has 1 aromatic heterocycles. The number of nitrogens with zero attached hydrogens (tertiary/aromatic N) is 3. The summed E-state index contributed by atoms with van der Waals surface area (Å²) in [7, 11) is 0. The minimum atomic E-state index is -0.526. The Morgan fingerprint density at radius 3 is 2.55 bits per heavy atom. The highest BCUT2D eigenvalue weighted by molar-refractivity contribution is 6.31. The van der Waals surface area contributed by atoms with E-state index in [1.54, 1.807) is 0 Å². The fraction of sp³-hybridized carbons (Fsp3) is 0.500. The second-order valence-electron chi connectivity index (χ2n) is 8.05. The van der Waals surface area contributed by atoms with Crippen LogP contribution in [-0.4, -0.2) is 54.3 Å². The molecule has 0 unspecified atom stereocenters. The molecular formula is C22H27ClFN5O2. The molecule has 0 bridgehead atoms. The molecule has 2 fully saturated rings. The summed E-state index contributed by atoms with van der Waals surface area (Å²) in [4.78, 5) is 23.8. The van der Waals surface area contributed by atoms with Crippen LogP contribution in [0.25, 0.3) is 0 Å². The summed E-state index contributed by atoms with van der Waals surface area (Å²) < 4.78 is 18.7. The van der Waals surface area contributed by atoms with Crippen LogP contribution in [0.15, 0.2) is 24.3 Å². The van der Waals surface area contributed by atoms with Crippen molar-refractivity contribution in [1.82, 2.24) is 15.3 Å². The maximum Gasteiger partial charge on any atom is 0.251 e. The molecule has 2 aliphatic rings. The van der Waals surface area contributed by atoms with Crippen LogP contribution in [0.4, 0.5) is 16.0 Å². The highest BCUT2D eigenvalue weighted by Gasteiger charge is 2.24. The largest absolute Gasteiger partial charge is 0.378 e. The zero-order valence-electron chi connectivity index (χ0n) is 17.5. The van der Waals surface area contributed by atoms with E-state index >= 15 is 0 Å². The van der Waals surface area contributed by atoms with Crippen molar-refractivity contribution in [1.29, 1.82) is 0 Å². The molecule has 1 aromatic carbocycles. The Balaban J connectivity index is 1.30. The van der Waals surface area contributed by atoms with Crippen LogP contribution < -0.4 is 15.5 Å². The Kier molecular flexibility index (Phi) is 6.87. The van der Waals surface area contributed by atoms with Crippen LogP contribution in [0.3, 0.4) is 0 Å². The summed E-state index contributed by atoms with van der Waals surface area (Å²) in [5.74, 6) is 1.76. The van der Waals surface area contributed by atoms with E-state index in [1.807, 2.05) is 13.0 Å². The summed E-state index contributed by atoms with van der Waals surface area (Å²) in [6.45, 7) is 5.00. The molecule has 31 heavy (non-hydrogen) atoms. The van der Waals surface area contributed by atoms with Gasteiger partial charge in [0, 0.05) is 36.8 Å². The quantitative estimate of drug-likeness (QED) is 0.729. The molecule has 1 saturated heterocycles. The SMILES string of the molecule is Cc1nc(NC2CCC(NC(=O)c3ccc(F)c(Cl)c3)CC2)cc(N2CCOCC2)n1.